The number of esters is 1. The molecular weight excluding hydrogens is 338 g/mol. The number of fused-ring (bicyclic) bond motifs is 1. The molecule has 2 N–H and O–H groups in total. The van der Waals surface area contributed by atoms with Gasteiger partial charge in [-0.05, 0) is 29.8 Å². The first kappa shape index (κ1) is 17.1. The first-order valence-corrected chi connectivity index (χ1v) is 7.51. The van der Waals surface area contributed by atoms with Gasteiger partial charge in [0.15, 0.2) is 0 Å². The standard InChI is InChI=1S/C17H15N5O4/c1-21-13-9-19-6-5-11(13)15(23)22(17(21)25)14-4-3-10(8-20-14)7-12(18)16(24)26-2/h3-9H,18H2,1-2H3/b12-7+. The lowest BCUT2D eigenvalue weighted by atomic mass is 10.2. The summed E-state index contributed by atoms with van der Waals surface area (Å²) in [5.41, 5.74) is 5.42. The molecule has 0 aliphatic carbocycles. The van der Waals surface area contributed by atoms with Crippen LogP contribution in [0.5, 0.6) is 0 Å². The SMILES string of the molecule is COC(=O)/C(N)=C\c1ccc(-n2c(=O)c3ccncc3n(C)c2=O)nc1. The number of hydrogen-bond donors (Lipinski definition) is 1. The van der Waals surface area contributed by atoms with Crippen LogP contribution in [0.4, 0.5) is 0 Å². The fourth-order valence-electron chi connectivity index (χ4n) is 2.47. The predicted molar refractivity (Wildman–Crippen MR) is 94.6 cm³/mol. The van der Waals surface area contributed by atoms with Crippen LogP contribution in [0.1, 0.15) is 5.56 Å². The molecular formula is C17H15N5O4. The molecule has 3 heterocycles. The van der Waals surface area contributed by atoms with E-state index in [9.17, 15) is 14.4 Å². The smallest absolute Gasteiger partial charge is 0.353 e. The Morgan fingerprint density at radius 1 is 1.23 bits per heavy atom. The van der Waals surface area contributed by atoms with E-state index in [0.29, 0.717) is 16.5 Å². The van der Waals surface area contributed by atoms with Gasteiger partial charge >= 0.3 is 11.7 Å². The zero-order valence-electron chi connectivity index (χ0n) is 14.0. The van der Waals surface area contributed by atoms with Crippen molar-refractivity contribution in [1.82, 2.24) is 19.1 Å². The summed E-state index contributed by atoms with van der Waals surface area (Å²) >= 11 is 0. The number of nitrogens with zero attached hydrogens (tertiary/aromatic N) is 4. The normalized spacial score (nSPS) is 11.5. The lowest BCUT2D eigenvalue weighted by molar-refractivity contribution is -0.136. The monoisotopic (exact) mass is 353 g/mol. The first-order valence-electron chi connectivity index (χ1n) is 7.51. The summed E-state index contributed by atoms with van der Waals surface area (Å²) in [6.07, 6.45) is 5.72. The van der Waals surface area contributed by atoms with E-state index in [1.54, 1.807) is 19.2 Å². The molecule has 0 fully saturated rings. The van der Waals surface area contributed by atoms with Gasteiger partial charge in [-0.3, -0.25) is 14.3 Å². The summed E-state index contributed by atoms with van der Waals surface area (Å²) in [5.74, 6) is -0.509. The second-order valence-electron chi connectivity index (χ2n) is 5.42. The molecule has 9 nitrogen and oxygen atoms in total. The number of aryl methyl sites for hydroxylation is 1. The molecule has 3 rings (SSSR count). The maximum absolute atomic E-state index is 12.7. The lowest BCUT2D eigenvalue weighted by Gasteiger charge is -2.09. The Hall–Kier alpha value is -3.75. The molecule has 0 aromatic carbocycles. The zero-order valence-corrected chi connectivity index (χ0v) is 14.0. The second-order valence-corrected chi connectivity index (χ2v) is 5.42. The Morgan fingerprint density at radius 3 is 2.65 bits per heavy atom. The minimum Gasteiger partial charge on any atom is -0.464 e. The molecule has 0 spiro atoms. The number of pyridine rings is 2. The van der Waals surface area contributed by atoms with Crippen LogP contribution in [-0.4, -0.2) is 32.2 Å². The Morgan fingerprint density at radius 2 is 2.00 bits per heavy atom. The van der Waals surface area contributed by atoms with Crippen molar-refractivity contribution in [3.8, 4) is 5.82 Å². The summed E-state index contributed by atoms with van der Waals surface area (Å²) in [4.78, 5) is 44.6. The van der Waals surface area contributed by atoms with Crippen LogP contribution in [0, 0.1) is 0 Å². The summed E-state index contributed by atoms with van der Waals surface area (Å²) < 4.78 is 6.82. The number of ether oxygens (including phenoxy) is 1. The molecule has 26 heavy (non-hydrogen) atoms. The van der Waals surface area contributed by atoms with Crippen molar-refractivity contribution in [3.63, 3.8) is 0 Å². The molecule has 0 saturated heterocycles. The number of nitrogens with two attached hydrogens (primary N) is 1. The first-order chi connectivity index (χ1) is 12.4. The van der Waals surface area contributed by atoms with Crippen LogP contribution < -0.4 is 17.0 Å². The maximum Gasteiger partial charge on any atom is 0.353 e. The Labute approximate surface area is 147 Å². The van der Waals surface area contributed by atoms with Gasteiger partial charge in [-0.15, -0.1) is 0 Å². The van der Waals surface area contributed by atoms with E-state index in [2.05, 4.69) is 14.7 Å². The van der Waals surface area contributed by atoms with Crippen molar-refractivity contribution < 1.29 is 9.53 Å². The number of rotatable bonds is 3. The minimum absolute atomic E-state index is 0.0895. The van der Waals surface area contributed by atoms with Gasteiger partial charge in [-0.1, -0.05) is 0 Å². The Balaban J connectivity index is 2.12. The van der Waals surface area contributed by atoms with Gasteiger partial charge in [0.2, 0.25) is 0 Å². The number of carbonyl (C=O) groups is 1. The van der Waals surface area contributed by atoms with Crippen LogP contribution >= 0.6 is 0 Å². The lowest BCUT2D eigenvalue weighted by Crippen LogP contribution is -2.38. The van der Waals surface area contributed by atoms with Crippen molar-refractivity contribution in [2.75, 3.05) is 7.11 Å². The van der Waals surface area contributed by atoms with E-state index in [-0.39, 0.29) is 11.5 Å². The van der Waals surface area contributed by atoms with Gasteiger partial charge in [0.25, 0.3) is 5.56 Å². The van der Waals surface area contributed by atoms with E-state index in [1.807, 2.05) is 0 Å². The van der Waals surface area contributed by atoms with Crippen LogP contribution in [-0.2, 0) is 16.6 Å². The van der Waals surface area contributed by atoms with Gasteiger partial charge in [-0.2, -0.15) is 0 Å². The van der Waals surface area contributed by atoms with E-state index >= 15 is 0 Å². The van der Waals surface area contributed by atoms with Crippen LogP contribution in [0.3, 0.4) is 0 Å². The molecule has 132 valence electrons. The Bertz CT molecular complexity index is 1140. The average molecular weight is 353 g/mol. The fourth-order valence-corrected chi connectivity index (χ4v) is 2.47. The molecule has 3 aromatic heterocycles. The fraction of sp³-hybridized carbons (Fsp3) is 0.118. The van der Waals surface area contributed by atoms with Gasteiger partial charge in [0.1, 0.15) is 11.5 Å². The summed E-state index contributed by atoms with van der Waals surface area (Å²) in [6.45, 7) is 0. The zero-order chi connectivity index (χ0) is 18.8. The molecule has 0 saturated carbocycles. The third-order valence-corrected chi connectivity index (χ3v) is 3.82. The molecule has 0 unspecified atom stereocenters. The number of hydrogen-bond acceptors (Lipinski definition) is 7. The van der Waals surface area contributed by atoms with E-state index in [0.717, 1.165) is 4.57 Å². The molecule has 0 aliphatic rings. The van der Waals surface area contributed by atoms with Gasteiger partial charge in [0.05, 0.1) is 24.2 Å². The molecule has 3 aromatic rings. The number of carbonyl (C=O) groups excluding carboxylic acids is 1. The third-order valence-electron chi connectivity index (χ3n) is 3.82. The van der Waals surface area contributed by atoms with Crippen molar-refractivity contribution >= 4 is 22.9 Å². The van der Waals surface area contributed by atoms with Crippen molar-refractivity contribution in [1.29, 1.82) is 0 Å². The molecule has 0 aliphatic heterocycles. The van der Waals surface area contributed by atoms with E-state index < -0.39 is 17.2 Å². The highest BCUT2D eigenvalue weighted by molar-refractivity contribution is 5.92. The highest BCUT2D eigenvalue weighted by atomic mass is 16.5. The highest BCUT2D eigenvalue weighted by Gasteiger charge is 2.13. The van der Waals surface area contributed by atoms with Gasteiger partial charge < -0.3 is 10.5 Å². The quantitative estimate of drug-likeness (QED) is 0.517. The number of aromatic nitrogens is 4. The molecule has 0 bridgehead atoms. The molecule has 0 amide bonds. The van der Waals surface area contributed by atoms with Gasteiger partial charge in [-0.25, -0.2) is 19.1 Å². The molecule has 0 radical (unpaired) electrons. The minimum atomic E-state index is -0.665. The maximum atomic E-state index is 12.7. The topological polar surface area (TPSA) is 122 Å². The Kier molecular flexibility index (Phi) is 4.36. The van der Waals surface area contributed by atoms with E-state index in [4.69, 9.17) is 5.73 Å². The van der Waals surface area contributed by atoms with Gasteiger partial charge in [0, 0.05) is 19.4 Å². The van der Waals surface area contributed by atoms with Crippen molar-refractivity contribution in [2.45, 2.75) is 0 Å². The van der Waals surface area contributed by atoms with Crippen molar-refractivity contribution in [2.24, 2.45) is 12.8 Å². The van der Waals surface area contributed by atoms with E-state index in [1.165, 1.54) is 42.4 Å². The molecule has 9 heteroatoms. The van der Waals surface area contributed by atoms with Crippen LogP contribution in [0.15, 0.2) is 52.1 Å². The summed E-state index contributed by atoms with van der Waals surface area (Å²) in [5, 5.41) is 0.350. The summed E-state index contributed by atoms with van der Waals surface area (Å²) in [6, 6.07) is 4.62. The third kappa shape index (κ3) is 2.86. The van der Waals surface area contributed by atoms with Crippen LogP contribution in [0.25, 0.3) is 22.8 Å². The highest BCUT2D eigenvalue weighted by Crippen LogP contribution is 2.09. The average Bonchev–Trinajstić information content (AvgIpc) is 2.67. The molecule has 0 atom stereocenters. The second kappa shape index (κ2) is 6.63. The van der Waals surface area contributed by atoms with Crippen molar-refractivity contribution in [3.05, 3.63) is 68.9 Å². The predicted octanol–water partition coefficient (Wildman–Crippen LogP) is -0.0480. The van der Waals surface area contributed by atoms with Crippen LogP contribution in [0.2, 0.25) is 0 Å². The largest absolute Gasteiger partial charge is 0.464 e. The summed E-state index contributed by atoms with van der Waals surface area (Å²) in [7, 11) is 2.78. The number of methoxy groups -OCH3 is 1.